The summed E-state index contributed by atoms with van der Waals surface area (Å²) in [6.07, 6.45) is 4.38. The molecule has 1 heterocycles. The maximum atomic E-state index is 4.33. The summed E-state index contributed by atoms with van der Waals surface area (Å²) in [6.45, 7) is 12.5. The monoisotopic (exact) mass is 513 g/mol. The Kier molecular flexibility index (Phi) is 11.8. The van der Waals surface area contributed by atoms with Gasteiger partial charge >= 0.3 is 0 Å². The maximum Gasteiger partial charge on any atom is 0.191 e. The molecule has 2 aromatic rings. The van der Waals surface area contributed by atoms with E-state index in [1.54, 1.807) is 12.7 Å². The summed E-state index contributed by atoms with van der Waals surface area (Å²) in [5.74, 6) is 0.835. The molecule has 0 aliphatic rings. The quantitative estimate of drug-likeness (QED) is 0.221. The first-order valence-corrected chi connectivity index (χ1v) is 10.1. The van der Waals surface area contributed by atoms with Gasteiger partial charge in [0.15, 0.2) is 5.96 Å². The van der Waals surface area contributed by atoms with Crippen LogP contribution in [0.3, 0.4) is 0 Å². The molecule has 0 saturated carbocycles. The van der Waals surface area contributed by atoms with Crippen molar-refractivity contribution in [2.45, 2.75) is 59.3 Å². The number of aromatic nitrogens is 3. The van der Waals surface area contributed by atoms with Crippen LogP contribution in [-0.4, -0.2) is 57.8 Å². The first-order valence-electron chi connectivity index (χ1n) is 10.1. The number of rotatable bonds is 10. The predicted molar refractivity (Wildman–Crippen MR) is 131 cm³/mol. The molecule has 0 aliphatic carbocycles. The summed E-state index contributed by atoms with van der Waals surface area (Å²) in [5.41, 5.74) is 2.42. The van der Waals surface area contributed by atoms with E-state index in [0.717, 1.165) is 38.6 Å². The molecule has 162 valence electrons. The van der Waals surface area contributed by atoms with Gasteiger partial charge in [-0.3, -0.25) is 9.89 Å². The molecule has 1 aromatic heterocycles. The fraction of sp³-hybridized carbons (Fsp3) is 0.571. The molecule has 2 rings (SSSR count). The van der Waals surface area contributed by atoms with Crippen LogP contribution in [0.4, 0.5) is 0 Å². The first-order chi connectivity index (χ1) is 13.5. The maximum absolute atomic E-state index is 4.33. The Labute approximate surface area is 192 Å². The zero-order chi connectivity index (χ0) is 20.4. The molecule has 0 unspecified atom stereocenters. The number of benzene rings is 1. The summed E-state index contributed by atoms with van der Waals surface area (Å²) >= 11 is 0. The average Bonchev–Trinajstić information content (AvgIpc) is 3.16. The van der Waals surface area contributed by atoms with Gasteiger partial charge in [0.1, 0.15) is 12.7 Å². The summed E-state index contributed by atoms with van der Waals surface area (Å²) in [4.78, 5) is 10.8. The lowest BCUT2D eigenvalue weighted by molar-refractivity contribution is 0.173. The van der Waals surface area contributed by atoms with Gasteiger partial charge in [-0.2, -0.15) is 5.10 Å². The summed E-state index contributed by atoms with van der Waals surface area (Å²) in [5, 5.41) is 11.0. The number of guanidine groups is 1. The highest BCUT2D eigenvalue weighted by atomic mass is 127. The zero-order valence-corrected chi connectivity index (χ0v) is 20.6. The topological polar surface area (TPSA) is 70.4 Å². The lowest BCUT2D eigenvalue weighted by atomic mass is 10.1. The molecule has 0 saturated heterocycles. The highest BCUT2D eigenvalue weighted by Gasteiger charge is 2.12. The molecule has 0 atom stereocenters. The van der Waals surface area contributed by atoms with E-state index in [1.165, 1.54) is 11.1 Å². The van der Waals surface area contributed by atoms with Crippen molar-refractivity contribution in [1.29, 1.82) is 0 Å². The lowest BCUT2D eigenvalue weighted by Crippen LogP contribution is -2.41. The van der Waals surface area contributed by atoms with Gasteiger partial charge in [0.05, 0.1) is 6.54 Å². The van der Waals surface area contributed by atoms with Crippen LogP contribution in [-0.2, 0) is 13.1 Å². The zero-order valence-electron chi connectivity index (χ0n) is 18.3. The minimum Gasteiger partial charge on any atom is -0.356 e. The second-order valence-corrected chi connectivity index (χ2v) is 7.54. The second-order valence-electron chi connectivity index (χ2n) is 7.54. The Morgan fingerprint density at radius 1 is 1.14 bits per heavy atom. The van der Waals surface area contributed by atoms with Gasteiger partial charge in [0.25, 0.3) is 0 Å². The molecule has 0 radical (unpaired) electrons. The van der Waals surface area contributed by atoms with Crippen molar-refractivity contribution >= 4 is 29.9 Å². The van der Waals surface area contributed by atoms with Crippen molar-refractivity contribution in [2.75, 3.05) is 20.1 Å². The van der Waals surface area contributed by atoms with Crippen molar-refractivity contribution in [3.8, 4) is 0 Å². The number of nitrogens with one attached hydrogen (secondary N) is 2. The van der Waals surface area contributed by atoms with Crippen molar-refractivity contribution in [3.63, 3.8) is 0 Å². The highest BCUT2D eigenvalue weighted by molar-refractivity contribution is 14.0. The van der Waals surface area contributed by atoms with Crippen LogP contribution in [0.15, 0.2) is 41.9 Å². The van der Waals surface area contributed by atoms with Gasteiger partial charge in [-0.15, -0.1) is 24.0 Å². The minimum atomic E-state index is 0. The Morgan fingerprint density at radius 3 is 2.48 bits per heavy atom. The van der Waals surface area contributed by atoms with Gasteiger partial charge in [0.2, 0.25) is 0 Å². The second kappa shape index (κ2) is 13.5. The number of hydrogen-bond donors (Lipinski definition) is 2. The number of aliphatic imine (C=N–C) groups is 1. The molecule has 0 aliphatic heterocycles. The van der Waals surface area contributed by atoms with E-state index in [0.29, 0.717) is 12.1 Å². The smallest absolute Gasteiger partial charge is 0.191 e. The Bertz CT molecular complexity index is 706. The molecule has 8 heteroatoms. The van der Waals surface area contributed by atoms with E-state index in [2.05, 4.69) is 82.6 Å². The van der Waals surface area contributed by atoms with Crippen LogP contribution in [0.2, 0.25) is 0 Å². The van der Waals surface area contributed by atoms with E-state index < -0.39 is 0 Å². The molecule has 0 amide bonds. The number of nitrogens with zero attached hydrogens (tertiary/aromatic N) is 5. The Morgan fingerprint density at radius 2 is 1.86 bits per heavy atom. The molecule has 1 aromatic carbocycles. The van der Waals surface area contributed by atoms with Gasteiger partial charge in [-0.25, -0.2) is 9.67 Å². The number of halogens is 1. The standard InChI is InChI=1S/C21H35N7.HI/c1-17(2)28(18(3)4)11-7-10-24-21(22-5)25-13-19-8-6-9-20(12-19)14-27-16-23-15-26-27;/h6,8-9,12,15-18H,7,10-11,13-14H2,1-5H3,(H2,22,24,25);1H. The third-order valence-corrected chi connectivity index (χ3v) is 4.70. The summed E-state index contributed by atoms with van der Waals surface area (Å²) in [7, 11) is 1.81. The van der Waals surface area contributed by atoms with E-state index in [9.17, 15) is 0 Å². The average molecular weight is 513 g/mol. The Hall–Kier alpha value is -1.68. The van der Waals surface area contributed by atoms with Crippen LogP contribution in [0.5, 0.6) is 0 Å². The summed E-state index contributed by atoms with van der Waals surface area (Å²) in [6, 6.07) is 9.63. The van der Waals surface area contributed by atoms with E-state index in [-0.39, 0.29) is 24.0 Å². The molecule has 7 nitrogen and oxygen atoms in total. The fourth-order valence-electron chi connectivity index (χ4n) is 3.33. The molecular weight excluding hydrogens is 477 g/mol. The van der Waals surface area contributed by atoms with Gasteiger partial charge in [0, 0.05) is 38.8 Å². The van der Waals surface area contributed by atoms with Crippen molar-refractivity contribution in [1.82, 2.24) is 30.3 Å². The fourth-order valence-corrected chi connectivity index (χ4v) is 3.33. The molecule has 0 fully saturated rings. The van der Waals surface area contributed by atoms with Gasteiger partial charge < -0.3 is 10.6 Å². The van der Waals surface area contributed by atoms with E-state index >= 15 is 0 Å². The summed E-state index contributed by atoms with van der Waals surface area (Å²) < 4.78 is 1.82. The van der Waals surface area contributed by atoms with Crippen molar-refractivity contribution in [2.24, 2.45) is 4.99 Å². The van der Waals surface area contributed by atoms with Crippen molar-refractivity contribution < 1.29 is 0 Å². The largest absolute Gasteiger partial charge is 0.356 e. The third kappa shape index (κ3) is 9.12. The highest BCUT2D eigenvalue weighted by Crippen LogP contribution is 2.07. The predicted octanol–water partition coefficient (Wildman–Crippen LogP) is 3.12. The van der Waals surface area contributed by atoms with Crippen molar-refractivity contribution in [3.05, 3.63) is 48.0 Å². The Balaban J connectivity index is 0.00000420. The SMILES string of the molecule is CN=C(NCCCN(C(C)C)C(C)C)NCc1cccc(Cn2cncn2)c1.I. The van der Waals surface area contributed by atoms with Crippen LogP contribution < -0.4 is 10.6 Å². The third-order valence-electron chi connectivity index (χ3n) is 4.70. The van der Waals surface area contributed by atoms with E-state index in [1.807, 2.05) is 11.7 Å². The van der Waals surface area contributed by atoms with Gasteiger partial charge in [-0.1, -0.05) is 24.3 Å². The van der Waals surface area contributed by atoms with Crippen LogP contribution in [0.25, 0.3) is 0 Å². The molecule has 0 spiro atoms. The first kappa shape index (κ1) is 25.4. The van der Waals surface area contributed by atoms with Crippen LogP contribution in [0.1, 0.15) is 45.2 Å². The van der Waals surface area contributed by atoms with Crippen LogP contribution in [0, 0.1) is 0 Å². The molecular formula is C21H36IN7. The molecule has 0 bridgehead atoms. The number of hydrogen-bond acceptors (Lipinski definition) is 4. The molecule has 29 heavy (non-hydrogen) atoms. The van der Waals surface area contributed by atoms with Gasteiger partial charge in [-0.05, 0) is 45.2 Å². The minimum absolute atomic E-state index is 0. The van der Waals surface area contributed by atoms with Crippen LogP contribution >= 0.6 is 24.0 Å². The molecule has 2 N–H and O–H groups in total. The normalized spacial score (nSPS) is 11.8. The lowest BCUT2D eigenvalue weighted by Gasteiger charge is -2.30. The van der Waals surface area contributed by atoms with E-state index in [4.69, 9.17) is 0 Å².